The lowest BCUT2D eigenvalue weighted by atomic mass is 10.1. The van der Waals surface area contributed by atoms with E-state index in [0.717, 1.165) is 49.2 Å². The fourth-order valence-corrected chi connectivity index (χ4v) is 4.73. The second-order valence-electron chi connectivity index (χ2n) is 9.80. The molecule has 2 atom stereocenters. The lowest BCUT2D eigenvalue weighted by Crippen LogP contribution is -2.39. The molecule has 0 bridgehead atoms. The van der Waals surface area contributed by atoms with Crippen molar-refractivity contribution in [2.45, 2.75) is 64.7 Å². The van der Waals surface area contributed by atoms with Crippen LogP contribution in [0.15, 0.2) is 54.6 Å². The molecular formula is C30H40FN3O4. The van der Waals surface area contributed by atoms with Crippen LogP contribution in [0, 0.1) is 5.82 Å². The Morgan fingerprint density at radius 1 is 1.18 bits per heavy atom. The molecule has 0 spiro atoms. The van der Waals surface area contributed by atoms with Gasteiger partial charge in [0.2, 0.25) is 5.88 Å². The van der Waals surface area contributed by atoms with E-state index in [9.17, 15) is 9.50 Å². The van der Waals surface area contributed by atoms with E-state index < -0.39 is 6.10 Å². The standard InChI is InChI=1S/C30H40FN3O4/c1-3-5-16-36-22-25(35)19-33(20-27-15-10-17-37-27)21-28-29(4-2)32-34(24-12-7-6-8-13-24)30(28)38-26-14-9-11-23(31)18-26/h6-9,11-14,18,25,27,35H,3-5,10,15-17,19-22H2,1-2H3/t25-,27-/m0/s1. The van der Waals surface area contributed by atoms with Crippen molar-refractivity contribution in [2.75, 3.05) is 32.9 Å². The number of benzene rings is 2. The maximum Gasteiger partial charge on any atom is 0.227 e. The lowest BCUT2D eigenvalue weighted by molar-refractivity contribution is 0.00135. The van der Waals surface area contributed by atoms with Gasteiger partial charge >= 0.3 is 0 Å². The molecule has 1 aliphatic heterocycles. The molecular weight excluding hydrogens is 485 g/mol. The number of unbranched alkanes of at least 4 members (excludes halogenated alkanes) is 1. The first-order valence-corrected chi connectivity index (χ1v) is 13.8. The minimum absolute atomic E-state index is 0.116. The fourth-order valence-electron chi connectivity index (χ4n) is 4.73. The van der Waals surface area contributed by atoms with E-state index in [-0.39, 0.29) is 11.9 Å². The molecule has 0 saturated carbocycles. The molecule has 0 unspecified atom stereocenters. The van der Waals surface area contributed by atoms with Crippen molar-refractivity contribution in [2.24, 2.45) is 0 Å². The van der Waals surface area contributed by atoms with Gasteiger partial charge in [-0.15, -0.1) is 0 Å². The second-order valence-corrected chi connectivity index (χ2v) is 9.80. The van der Waals surface area contributed by atoms with Gasteiger partial charge in [-0.05, 0) is 49.9 Å². The molecule has 38 heavy (non-hydrogen) atoms. The largest absolute Gasteiger partial charge is 0.438 e. The highest BCUT2D eigenvalue weighted by atomic mass is 19.1. The lowest BCUT2D eigenvalue weighted by Gasteiger charge is -2.27. The Hall–Kier alpha value is -2.78. The van der Waals surface area contributed by atoms with Crippen molar-refractivity contribution in [1.29, 1.82) is 0 Å². The third-order valence-electron chi connectivity index (χ3n) is 6.65. The molecule has 1 aromatic heterocycles. The van der Waals surface area contributed by atoms with E-state index in [1.807, 2.05) is 30.3 Å². The first-order chi connectivity index (χ1) is 18.6. The van der Waals surface area contributed by atoms with Gasteiger partial charge in [-0.25, -0.2) is 9.07 Å². The van der Waals surface area contributed by atoms with Gasteiger partial charge in [0.05, 0.1) is 35.8 Å². The van der Waals surface area contributed by atoms with Gasteiger partial charge < -0.3 is 19.3 Å². The predicted molar refractivity (Wildman–Crippen MR) is 145 cm³/mol. The van der Waals surface area contributed by atoms with Crippen LogP contribution in [0.5, 0.6) is 11.6 Å². The molecule has 206 valence electrons. The highest BCUT2D eigenvalue weighted by molar-refractivity contribution is 5.43. The topological polar surface area (TPSA) is 69.0 Å². The SMILES string of the molecule is CCCCOC[C@@H](O)CN(Cc1c(CC)nn(-c2ccccc2)c1Oc1cccc(F)c1)C[C@@H]1CCCO1. The number of aryl methyl sites for hydroxylation is 1. The van der Waals surface area contributed by atoms with Crippen molar-refractivity contribution in [1.82, 2.24) is 14.7 Å². The van der Waals surface area contributed by atoms with E-state index in [4.69, 9.17) is 19.3 Å². The Kier molecular flexibility index (Phi) is 10.7. The summed E-state index contributed by atoms with van der Waals surface area (Å²) in [5.41, 5.74) is 2.67. The summed E-state index contributed by atoms with van der Waals surface area (Å²) >= 11 is 0. The Morgan fingerprint density at radius 3 is 2.74 bits per heavy atom. The Morgan fingerprint density at radius 2 is 2.03 bits per heavy atom. The summed E-state index contributed by atoms with van der Waals surface area (Å²) in [4.78, 5) is 2.20. The number of rotatable bonds is 15. The van der Waals surface area contributed by atoms with Crippen molar-refractivity contribution < 1.29 is 23.7 Å². The van der Waals surface area contributed by atoms with Crippen molar-refractivity contribution >= 4 is 0 Å². The van der Waals surface area contributed by atoms with Gasteiger partial charge in [0.1, 0.15) is 11.6 Å². The van der Waals surface area contributed by atoms with Gasteiger partial charge in [-0.2, -0.15) is 5.10 Å². The van der Waals surface area contributed by atoms with Crippen molar-refractivity contribution in [3.8, 4) is 17.3 Å². The van der Waals surface area contributed by atoms with E-state index in [1.54, 1.807) is 16.8 Å². The average Bonchev–Trinajstić information content (AvgIpc) is 3.55. The normalized spacial score (nSPS) is 16.3. The second kappa shape index (κ2) is 14.4. The van der Waals surface area contributed by atoms with Crippen LogP contribution in [-0.2, 0) is 22.4 Å². The van der Waals surface area contributed by atoms with Crippen LogP contribution in [0.25, 0.3) is 5.69 Å². The third kappa shape index (κ3) is 7.86. The van der Waals surface area contributed by atoms with Crippen LogP contribution >= 0.6 is 0 Å². The highest BCUT2D eigenvalue weighted by Crippen LogP contribution is 2.33. The van der Waals surface area contributed by atoms with Crippen molar-refractivity contribution in [3.63, 3.8) is 0 Å². The molecule has 1 N–H and O–H groups in total. The zero-order valence-electron chi connectivity index (χ0n) is 22.5. The van der Waals surface area contributed by atoms with Gasteiger partial charge in [-0.1, -0.05) is 44.5 Å². The van der Waals surface area contributed by atoms with Gasteiger partial charge in [-0.3, -0.25) is 4.90 Å². The number of halogens is 1. The zero-order chi connectivity index (χ0) is 26.7. The first kappa shape index (κ1) is 28.2. The number of nitrogens with zero attached hydrogens (tertiary/aromatic N) is 3. The summed E-state index contributed by atoms with van der Waals surface area (Å²) in [5, 5.41) is 15.7. The highest BCUT2D eigenvalue weighted by Gasteiger charge is 2.26. The molecule has 8 heteroatoms. The van der Waals surface area contributed by atoms with Gasteiger partial charge in [0.15, 0.2) is 0 Å². The van der Waals surface area contributed by atoms with Crippen LogP contribution in [0.1, 0.15) is 50.8 Å². The van der Waals surface area contributed by atoms with E-state index in [1.165, 1.54) is 12.1 Å². The number of aliphatic hydroxyl groups is 1. The summed E-state index contributed by atoms with van der Waals surface area (Å²) in [6.07, 6.45) is 4.26. The molecule has 3 aromatic rings. The molecule has 0 radical (unpaired) electrons. The average molecular weight is 526 g/mol. The summed E-state index contributed by atoms with van der Waals surface area (Å²) < 4.78 is 33.8. The quantitative estimate of drug-likeness (QED) is 0.263. The summed E-state index contributed by atoms with van der Waals surface area (Å²) in [6, 6.07) is 15.9. The molecule has 0 amide bonds. The van der Waals surface area contributed by atoms with E-state index >= 15 is 0 Å². The summed E-state index contributed by atoms with van der Waals surface area (Å²) in [7, 11) is 0. The fraction of sp³-hybridized carbons (Fsp3) is 0.500. The Balaban J connectivity index is 1.64. The molecule has 2 heterocycles. The van der Waals surface area contributed by atoms with Gasteiger partial charge in [0, 0.05) is 38.9 Å². The number of hydrogen-bond donors (Lipinski definition) is 1. The van der Waals surface area contributed by atoms with E-state index in [0.29, 0.717) is 50.9 Å². The third-order valence-corrected chi connectivity index (χ3v) is 6.65. The first-order valence-electron chi connectivity index (χ1n) is 13.8. The number of ether oxygens (including phenoxy) is 3. The number of hydrogen-bond acceptors (Lipinski definition) is 6. The van der Waals surface area contributed by atoms with Crippen LogP contribution < -0.4 is 4.74 Å². The maximum atomic E-state index is 14.0. The number of aromatic nitrogens is 2. The molecule has 1 fully saturated rings. The van der Waals surface area contributed by atoms with E-state index in [2.05, 4.69) is 18.7 Å². The van der Waals surface area contributed by atoms with Crippen LogP contribution in [-0.4, -0.2) is 64.9 Å². The predicted octanol–water partition coefficient (Wildman–Crippen LogP) is 5.52. The Bertz CT molecular complexity index is 1120. The minimum Gasteiger partial charge on any atom is -0.438 e. The molecule has 0 aliphatic carbocycles. The zero-order valence-corrected chi connectivity index (χ0v) is 22.5. The maximum absolute atomic E-state index is 14.0. The summed E-state index contributed by atoms with van der Waals surface area (Å²) in [6.45, 7) is 7.51. The Labute approximate surface area is 225 Å². The monoisotopic (exact) mass is 525 g/mol. The molecule has 1 saturated heterocycles. The molecule has 2 aromatic carbocycles. The van der Waals surface area contributed by atoms with Gasteiger partial charge in [0.25, 0.3) is 0 Å². The molecule has 1 aliphatic rings. The molecule has 4 rings (SSSR count). The van der Waals surface area contributed by atoms with Crippen LogP contribution in [0.4, 0.5) is 4.39 Å². The van der Waals surface area contributed by atoms with Crippen LogP contribution in [0.2, 0.25) is 0 Å². The smallest absolute Gasteiger partial charge is 0.227 e. The van der Waals surface area contributed by atoms with Crippen LogP contribution in [0.3, 0.4) is 0 Å². The number of para-hydroxylation sites is 1. The minimum atomic E-state index is -0.630. The number of aliphatic hydroxyl groups excluding tert-OH is 1. The summed E-state index contributed by atoms with van der Waals surface area (Å²) in [5.74, 6) is 0.586. The van der Waals surface area contributed by atoms with Crippen molar-refractivity contribution in [3.05, 3.63) is 71.7 Å². The molecule has 7 nitrogen and oxygen atoms in total.